The van der Waals surface area contributed by atoms with E-state index in [9.17, 15) is 4.79 Å². The van der Waals surface area contributed by atoms with E-state index in [0.717, 1.165) is 16.3 Å². The van der Waals surface area contributed by atoms with Crippen LogP contribution in [0.25, 0.3) is 0 Å². The first-order chi connectivity index (χ1) is 8.70. The molecule has 0 radical (unpaired) electrons. The number of nitrogens with zero attached hydrogens (tertiary/aromatic N) is 2. The number of carbonyl (C=O) groups excluding carboxylic acids is 1. The van der Waals surface area contributed by atoms with E-state index >= 15 is 0 Å². The Balaban J connectivity index is 2.06. The van der Waals surface area contributed by atoms with Gasteiger partial charge in [-0.1, -0.05) is 15.9 Å². The molecule has 1 heterocycles. The number of benzene rings is 1. The summed E-state index contributed by atoms with van der Waals surface area (Å²) in [7, 11) is 0. The maximum atomic E-state index is 11.0. The average molecular weight is 309 g/mol. The lowest BCUT2D eigenvalue weighted by Crippen LogP contribution is -2.10. The predicted octanol–water partition coefficient (Wildman–Crippen LogP) is 2.85. The highest BCUT2D eigenvalue weighted by Crippen LogP contribution is 2.26. The Bertz CT molecular complexity index is 538. The van der Waals surface area contributed by atoms with Crippen LogP contribution in [0.15, 0.2) is 35.1 Å². The Labute approximate surface area is 114 Å². The number of aryl methyl sites for hydroxylation is 1. The minimum Gasteiger partial charge on any atom is -0.491 e. The molecule has 18 heavy (non-hydrogen) atoms. The molecule has 0 aliphatic carbocycles. The lowest BCUT2D eigenvalue weighted by molar-refractivity contribution is 0.111. The van der Waals surface area contributed by atoms with Crippen molar-refractivity contribution in [3.05, 3.63) is 46.2 Å². The van der Waals surface area contributed by atoms with E-state index in [1.54, 1.807) is 16.9 Å². The lowest BCUT2D eigenvalue weighted by atomic mass is 10.1. The summed E-state index contributed by atoms with van der Waals surface area (Å²) in [5, 5.41) is 4.09. The van der Waals surface area contributed by atoms with Crippen LogP contribution in [0.1, 0.15) is 15.9 Å². The highest BCUT2D eigenvalue weighted by atomic mass is 79.9. The topological polar surface area (TPSA) is 44.1 Å². The fourth-order valence-electron chi connectivity index (χ4n) is 1.71. The summed E-state index contributed by atoms with van der Waals surface area (Å²) in [6.07, 6.45) is 4.40. The SMILES string of the molecule is Cc1cc(Br)cc(C=O)c1OCCn1cccn1. The van der Waals surface area contributed by atoms with Crippen LogP contribution in [-0.4, -0.2) is 22.7 Å². The molecule has 0 fully saturated rings. The summed E-state index contributed by atoms with van der Waals surface area (Å²) in [5.74, 6) is 0.639. The zero-order chi connectivity index (χ0) is 13.0. The molecule has 0 saturated heterocycles. The Morgan fingerprint density at radius 1 is 1.50 bits per heavy atom. The average Bonchev–Trinajstić information content (AvgIpc) is 2.84. The standard InChI is InChI=1S/C13H13BrN2O2/c1-10-7-12(14)8-11(9-17)13(10)18-6-5-16-4-2-3-15-16/h2-4,7-9H,5-6H2,1H3. The second kappa shape index (κ2) is 5.82. The van der Waals surface area contributed by atoms with Gasteiger partial charge >= 0.3 is 0 Å². The van der Waals surface area contributed by atoms with Crippen molar-refractivity contribution in [2.24, 2.45) is 0 Å². The van der Waals surface area contributed by atoms with Gasteiger partial charge in [-0.05, 0) is 30.7 Å². The van der Waals surface area contributed by atoms with Gasteiger partial charge in [-0.25, -0.2) is 0 Å². The van der Waals surface area contributed by atoms with Crippen LogP contribution in [-0.2, 0) is 6.54 Å². The van der Waals surface area contributed by atoms with Crippen molar-refractivity contribution in [1.82, 2.24) is 9.78 Å². The van der Waals surface area contributed by atoms with Crippen LogP contribution in [0.2, 0.25) is 0 Å². The first-order valence-corrected chi connectivity index (χ1v) is 6.35. The minimum absolute atomic E-state index is 0.477. The third-order valence-electron chi connectivity index (χ3n) is 2.52. The maximum Gasteiger partial charge on any atom is 0.153 e. The first kappa shape index (κ1) is 12.8. The van der Waals surface area contributed by atoms with Crippen LogP contribution < -0.4 is 4.74 Å². The first-order valence-electron chi connectivity index (χ1n) is 5.56. The van der Waals surface area contributed by atoms with Gasteiger partial charge in [0.2, 0.25) is 0 Å². The number of carbonyl (C=O) groups is 1. The Hall–Kier alpha value is -1.62. The molecule has 1 aromatic heterocycles. The van der Waals surface area contributed by atoms with Gasteiger partial charge in [0.05, 0.1) is 12.1 Å². The van der Waals surface area contributed by atoms with Gasteiger partial charge in [0.25, 0.3) is 0 Å². The second-order valence-corrected chi connectivity index (χ2v) is 4.79. The molecule has 0 atom stereocenters. The molecule has 2 rings (SSSR count). The number of aromatic nitrogens is 2. The summed E-state index contributed by atoms with van der Waals surface area (Å²) in [5.41, 5.74) is 1.49. The number of hydrogen-bond donors (Lipinski definition) is 0. The van der Waals surface area contributed by atoms with E-state index in [1.165, 1.54) is 0 Å². The quantitative estimate of drug-likeness (QED) is 0.798. The summed E-state index contributed by atoms with van der Waals surface area (Å²) in [6.45, 7) is 3.05. The molecule has 0 bridgehead atoms. The minimum atomic E-state index is 0.477. The molecule has 4 nitrogen and oxygen atoms in total. The van der Waals surface area contributed by atoms with Crippen LogP contribution in [0.4, 0.5) is 0 Å². The third-order valence-corrected chi connectivity index (χ3v) is 2.98. The number of aldehydes is 1. The van der Waals surface area contributed by atoms with Gasteiger partial charge in [-0.2, -0.15) is 5.10 Å². The Morgan fingerprint density at radius 2 is 2.33 bits per heavy atom. The van der Waals surface area contributed by atoms with Gasteiger partial charge < -0.3 is 4.74 Å². The lowest BCUT2D eigenvalue weighted by Gasteiger charge is -2.12. The highest BCUT2D eigenvalue weighted by Gasteiger charge is 2.08. The molecular weight excluding hydrogens is 296 g/mol. The van der Waals surface area contributed by atoms with E-state index < -0.39 is 0 Å². The van der Waals surface area contributed by atoms with E-state index in [2.05, 4.69) is 21.0 Å². The third kappa shape index (κ3) is 2.98. The maximum absolute atomic E-state index is 11.0. The number of rotatable bonds is 5. The van der Waals surface area contributed by atoms with Crippen LogP contribution >= 0.6 is 15.9 Å². The summed E-state index contributed by atoms with van der Waals surface area (Å²) < 4.78 is 8.34. The van der Waals surface area contributed by atoms with Gasteiger partial charge in [-0.15, -0.1) is 0 Å². The molecule has 0 saturated carbocycles. The van der Waals surface area contributed by atoms with Crippen molar-refractivity contribution in [1.29, 1.82) is 0 Å². The zero-order valence-corrected chi connectivity index (χ0v) is 11.6. The molecule has 1 aromatic carbocycles. The van der Waals surface area contributed by atoms with Crippen molar-refractivity contribution in [2.45, 2.75) is 13.5 Å². The molecule has 0 unspecified atom stereocenters. The summed E-state index contributed by atoms with van der Waals surface area (Å²) >= 11 is 3.36. The van der Waals surface area contributed by atoms with E-state index in [-0.39, 0.29) is 0 Å². The molecule has 0 spiro atoms. The zero-order valence-electron chi connectivity index (χ0n) is 9.97. The predicted molar refractivity (Wildman–Crippen MR) is 72.0 cm³/mol. The van der Waals surface area contributed by atoms with Crippen molar-refractivity contribution in [3.8, 4) is 5.75 Å². The Morgan fingerprint density at radius 3 is 3.00 bits per heavy atom. The largest absolute Gasteiger partial charge is 0.491 e. The summed E-state index contributed by atoms with van der Waals surface area (Å²) in [6, 6.07) is 5.54. The second-order valence-electron chi connectivity index (χ2n) is 3.88. The molecule has 5 heteroatoms. The van der Waals surface area contributed by atoms with Crippen molar-refractivity contribution in [2.75, 3.05) is 6.61 Å². The molecule has 0 aliphatic heterocycles. The Kier molecular flexibility index (Phi) is 4.15. The molecular formula is C13H13BrN2O2. The number of halogens is 1. The van der Waals surface area contributed by atoms with Gasteiger partial charge in [-0.3, -0.25) is 9.48 Å². The molecule has 0 aliphatic rings. The highest BCUT2D eigenvalue weighted by molar-refractivity contribution is 9.10. The fraction of sp³-hybridized carbons (Fsp3) is 0.231. The molecule has 0 amide bonds. The van der Waals surface area contributed by atoms with Gasteiger partial charge in [0, 0.05) is 16.9 Å². The van der Waals surface area contributed by atoms with Crippen molar-refractivity contribution < 1.29 is 9.53 Å². The van der Waals surface area contributed by atoms with Crippen molar-refractivity contribution in [3.63, 3.8) is 0 Å². The summed E-state index contributed by atoms with van der Waals surface area (Å²) in [4.78, 5) is 11.0. The number of ether oxygens (including phenoxy) is 1. The monoisotopic (exact) mass is 308 g/mol. The molecule has 2 aromatic rings. The van der Waals surface area contributed by atoms with Gasteiger partial charge in [0.1, 0.15) is 12.4 Å². The van der Waals surface area contributed by atoms with Gasteiger partial charge in [0.15, 0.2) is 6.29 Å². The molecule has 0 N–H and O–H groups in total. The fourth-order valence-corrected chi connectivity index (χ4v) is 2.30. The van der Waals surface area contributed by atoms with E-state index in [4.69, 9.17) is 4.74 Å². The van der Waals surface area contributed by atoms with E-state index in [1.807, 2.05) is 25.3 Å². The van der Waals surface area contributed by atoms with Crippen LogP contribution in [0.3, 0.4) is 0 Å². The van der Waals surface area contributed by atoms with Crippen molar-refractivity contribution >= 4 is 22.2 Å². The normalized spacial score (nSPS) is 10.3. The van der Waals surface area contributed by atoms with Crippen LogP contribution in [0.5, 0.6) is 5.75 Å². The number of hydrogen-bond acceptors (Lipinski definition) is 3. The van der Waals surface area contributed by atoms with E-state index in [0.29, 0.717) is 24.5 Å². The smallest absolute Gasteiger partial charge is 0.153 e. The molecule has 94 valence electrons. The van der Waals surface area contributed by atoms with Crippen LogP contribution in [0, 0.1) is 6.92 Å².